The van der Waals surface area contributed by atoms with E-state index in [2.05, 4.69) is 10.1 Å². The Morgan fingerprint density at radius 1 is 1.35 bits per heavy atom. The van der Waals surface area contributed by atoms with Crippen LogP contribution in [-0.2, 0) is 18.3 Å². The van der Waals surface area contributed by atoms with Crippen molar-refractivity contribution in [3.8, 4) is 0 Å². The van der Waals surface area contributed by atoms with Gasteiger partial charge in [0.15, 0.2) is 11.9 Å². The number of aromatic nitrogens is 4. The van der Waals surface area contributed by atoms with Gasteiger partial charge in [0.1, 0.15) is 5.69 Å². The molecule has 0 aliphatic carbocycles. The molecular formula is C17H20N4O2. The van der Waals surface area contributed by atoms with Crippen molar-refractivity contribution in [2.45, 2.75) is 33.4 Å². The molecule has 0 saturated carbocycles. The molecule has 0 aliphatic rings. The second kappa shape index (κ2) is 5.87. The number of fused-ring (bicyclic) bond motifs is 1. The Morgan fingerprint density at radius 3 is 2.78 bits per heavy atom. The minimum atomic E-state index is -0.444. The SMILES string of the molecule is CCn1nc(C)cc1C(=O)OC(C)c1nc2ccccc2n1C. The van der Waals surface area contributed by atoms with Gasteiger partial charge in [-0.15, -0.1) is 0 Å². The van der Waals surface area contributed by atoms with E-state index in [9.17, 15) is 4.79 Å². The summed E-state index contributed by atoms with van der Waals surface area (Å²) in [6.45, 7) is 6.26. The molecular weight excluding hydrogens is 292 g/mol. The van der Waals surface area contributed by atoms with Gasteiger partial charge >= 0.3 is 5.97 Å². The normalized spacial score (nSPS) is 12.5. The fourth-order valence-corrected chi connectivity index (χ4v) is 2.75. The first-order valence-electron chi connectivity index (χ1n) is 7.68. The van der Waals surface area contributed by atoms with Crippen molar-refractivity contribution in [3.05, 3.63) is 47.5 Å². The largest absolute Gasteiger partial charge is 0.450 e. The van der Waals surface area contributed by atoms with Crippen molar-refractivity contribution in [3.63, 3.8) is 0 Å². The molecule has 0 N–H and O–H groups in total. The van der Waals surface area contributed by atoms with E-state index < -0.39 is 6.10 Å². The molecule has 6 heteroatoms. The van der Waals surface area contributed by atoms with Gasteiger partial charge in [0, 0.05) is 13.6 Å². The number of rotatable bonds is 4. The molecule has 0 spiro atoms. The molecule has 6 nitrogen and oxygen atoms in total. The number of carbonyl (C=O) groups is 1. The zero-order valence-electron chi connectivity index (χ0n) is 13.8. The van der Waals surface area contributed by atoms with Crippen molar-refractivity contribution in [1.82, 2.24) is 19.3 Å². The second-order valence-electron chi connectivity index (χ2n) is 5.55. The van der Waals surface area contributed by atoms with E-state index in [1.165, 1.54) is 0 Å². The van der Waals surface area contributed by atoms with E-state index in [4.69, 9.17) is 4.74 Å². The lowest BCUT2D eigenvalue weighted by atomic mass is 10.3. The maximum atomic E-state index is 12.4. The minimum Gasteiger partial charge on any atom is -0.450 e. The summed E-state index contributed by atoms with van der Waals surface area (Å²) in [7, 11) is 1.93. The van der Waals surface area contributed by atoms with Crippen LogP contribution in [-0.4, -0.2) is 25.3 Å². The van der Waals surface area contributed by atoms with E-state index in [0.29, 0.717) is 12.2 Å². The van der Waals surface area contributed by atoms with Crippen LogP contribution in [0.5, 0.6) is 0 Å². The highest BCUT2D eigenvalue weighted by atomic mass is 16.5. The molecule has 0 radical (unpaired) electrons. The summed E-state index contributed by atoms with van der Waals surface area (Å²) in [6, 6.07) is 9.59. The Hall–Kier alpha value is -2.63. The van der Waals surface area contributed by atoms with E-state index in [-0.39, 0.29) is 5.97 Å². The van der Waals surface area contributed by atoms with Crippen LogP contribution in [0, 0.1) is 6.92 Å². The average molecular weight is 312 g/mol. The molecule has 3 rings (SSSR count). The highest BCUT2D eigenvalue weighted by Crippen LogP contribution is 2.22. The summed E-state index contributed by atoms with van der Waals surface area (Å²) >= 11 is 0. The first-order valence-corrected chi connectivity index (χ1v) is 7.68. The first-order chi connectivity index (χ1) is 11.0. The van der Waals surface area contributed by atoms with Crippen molar-refractivity contribution in [2.75, 3.05) is 0 Å². The van der Waals surface area contributed by atoms with Crippen LogP contribution < -0.4 is 0 Å². The van der Waals surface area contributed by atoms with Gasteiger partial charge in [0.2, 0.25) is 0 Å². The molecule has 1 aromatic carbocycles. The van der Waals surface area contributed by atoms with Gasteiger partial charge in [-0.05, 0) is 39.0 Å². The summed E-state index contributed by atoms with van der Waals surface area (Å²) in [6.07, 6.45) is -0.444. The Bertz CT molecular complexity index is 863. The molecule has 0 bridgehead atoms. The fraction of sp³-hybridized carbons (Fsp3) is 0.353. The number of nitrogens with zero attached hydrogens (tertiary/aromatic N) is 4. The molecule has 0 saturated heterocycles. The maximum Gasteiger partial charge on any atom is 0.357 e. The van der Waals surface area contributed by atoms with E-state index >= 15 is 0 Å². The number of ether oxygens (including phenoxy) is 1. The standard InChI is InChI=1S/C17H20N4O2/c1-5-21-15(10-11(2)19-21)17(22)23-12(3)16-18-13-8-6-7-9-14(13)20(16)4/h6-10,12H,5H2,1-4H3. The topological polar surface area (TPSA) is 61.9 Å². The Balaban J connectivity index is 1.86. The van der Waals surface area contributed by atoms with Crippen LogP contribution in [0.25, 0.3) is 11.0 Å². The number of hydrogen-bond acceptors (Lipinski definition) is 4. The van der Waals surface area contributed by atoms with Crippen LogP contribution in [0.2, 0.25) is 0 Å². The third-order valence-corrected chi connectivity index (χ3v) is 3.88. The third-order valence-electron chi connectivity index (χ3n) is 3.88. The predicted octanol–water partition coefficient (Wildman–Crippen LogP) is 3.02. The Kier molecular flexibility index (Phi) is 3.90. The molecule has 0 amide bonds. The Morgan fingerprint density at radius 2 is 2.09 bits per heavy atom. The average Bonchev–Trinajstić information content (AvgIpc) is 3.08. The number of esters is 1. The van der Waals surface area contributed by atoms with Gasteiger partial charge in [-0.2, -0.15) is 5.10 Å². The molecule has 23 heavy (non-hydrogen) atoms. The molecule has 0 fully saturated rings. The van der Waals surface area contributed by atoms with E-state index in [1.807, 2.05) is 56.7 Å². The maximum absolute atomic E-state index is 12.4. The monoisotopic (exact) mass is 312 g/mol. The number of hydrogen-bond donors (Lipinski definition) is 0. The number of imidazole rings is 1. The molecule has 3 aromatic rings. The van der Waals surface area contributed by atoms with Crippen LogP contribution >= 0.6 is 0 Å². The summed E-state index contributed by atoms with van der Waals surface area (Å²) in [5.41, 5.74) is 3.17. The molecule has 1 atom stereocenters. The highest BCUT2D eigenvalue weighted by molar-refractivity contribution is 5.88. The molecule has 120 valence electrons. The summed E-state index contributed by atoms with van der Waals surface area (Å²) in [5, 5.41) is 4.28. The zero-order chi connectivity index (χ0) is 16.6. The predicted molar refractivity (Wildman–Crippen MR) is 87.2 cm³/mol. The molecule has 2 aromatic heterocycles. The summed E-state index contributed by atoms with van der Waals surface area (Å²) in [5.74, 6) is 0.339. The lowest BCUT2D eigenvalue weighted by Crippen LogP contribution is -2.16. The third kappa shape index (κ3) is 2.72. The first kappa shape index (κ1) is 15.3. The molecule has 1 unspecified atom stereocenters. The Labute approximate surface area is 134 Å². The quantitative estimate of drug-likeness (QED) is 0.695. The fourth-order valence-electron chi connectivity index (χ4n) is 2.75. The van der Waals surface area contributed by atoms with Crippen molar-refractivity contribution >= 4 is 17.0 Å². The van der Waals surface area contributed by atoms with Gasteiger partial charge in [-0.1, -0.05) is 12.1 Å². The minimum absolute atomic E-state index is 0.382. The van der Waals surface area contributed by atoms with E-state index in [1.54, 1.807) is 10.7 Å². The highest BCUT2D eigenvalue weighted by Gasteiger charge is 2.21. The van der Waals surface area contributed by atoms with Crippen molar-refractivity contribution in [2.24, 2.45) is 7.05 Å². The lowest BCUT2D eigenvalue weighted by molar-refractivity contribution is 0.0301. The summed E-state index contributed by atoms with van der Waals surface area (Å²) in [4.78, 5) is 17.0. The van der Waals surface area contributed by atoms with Crippen molar-refractivity contribution < 1.29 is 9.53 Å². The number of para-hydroxylation sites is 2. The summed E-state index contributed by atoms with van der Waals surface area (Å²) < 4.78 is 9.21. The number of aryl methyl sites for hydroxylation is 3. The van der Waals surface area contributed by atoms with Gasteiger partial charge < -0.3 is 9.30 Å². The van der Waals surface area contributed by atoms with Crippen LogP contribution in [0.3, 0.4) is 0 Å². The van der Waals surface area contributed by atoms with Crippen molar-refractivity contribution in [1.29, 1.82) is 0 Å². The van der Waals surface area contributed by atoms with Gasteiger partial charge in [0.05, 0.1) is 16.7 Å². The van der Waals surface area contributed by atoms with Crippen LogP contribution in [0.15, 0.2) is 30.3 Å². The molecule has 0 aliphatic heterocycles. The number of benzene rings is 1. The smallest absolute Gasteiger partial charge is 0.357 e. The van der Waals surface area contributed by atoms with Gasteiger partial charge in [-0.25, -0.2) is 9.78 Å². The second-order valence-corrected chi connectivity index (χ2v) is 5.55. The van der Waals surface area contributed by atoms with Gasteiger partial charge in [0.25, 0.3) is 0 Å². The van der Waals surface area contributed by atoms with Gasteiger partial charge in [-0.3, -0.25) is 4.68 Å². The van der Waals surface area contributed by atoms with E-state index in [0.717, 1.165) is 22.6 Å². The molecule has 2 heterocycles. The van der Waals surface area contributed by atoms with Crippen LogP contribution in [0.1, 0.15) is 42.0 Å². The number of carbonyl (C=O) groups excluding carboxylic acids is 1. The lowest BCUT2D eigenvalue weighted by Gasteiger charge is -2.13. The van der Waals surface area contributed by atoms with Crippen LogP contribution in [0.4, 0.5) is 0 Å². The zero-order valence-corrected chi connectivity index (χ0v) is 13.8.